The van der Waals surface area contributed by atoms with Crippen molar-refractivity contribution in [3.8, 4) is 17.2 Å². The Hall–Kier alpha value is -3.26. The van der Waals surface area contributed by atoms with E-state index < -0.39 is 0 Å². The number of amides is 2. The minimum Gasteiger partial charge on any atom is -0.493 e. The van der Waals surface area contributed by atoms with Gasteiger partial charge in [0.05, 0.1) is 26.5 Å². The summed E-state index contributed by atoms with van der Waals surface area (Å²) in [6.45, 7) is 6.07. The molecule has 0 unspecified atom stereocenters. The maximum atomic E-state index is 13.1. The highest BCUT2D eigenvalue weighted by molar-refractivity contribution is 5.99. The Balaban J connectivity index is 1.77. The van der Waals surface area contributed by atoms with Crippen molar-refractivity contribution in [2.45, 2.75) is 20.3 Å². The third kappa shape index (κ3) is 5.70. The van der Waals surface area contributed by atoms with Crippen LogP contribution in [0.3, 0.4) is 0 Å². The van der Waals surface area contributed by atoms with Gasteiger partial charge in [0.25, 0.3) is 11.8 Å². The number of anilines is 1. The van der Waals surface area contributed by atoms with E-state index in [9.17, 15) is 9.59 Å². The van der Waals surface area contributed by atoms with E-state index in [1.807, 2.05) is 32.0 Å². The predicted octanol–water partition coefficient (Wildman–Crippen LogP) is 3.20. The summed E-state index contributed by atoms with van der Waals surface area (Å²) >= 11 is 0. The molecule has 1 aliphatic rings. The van der Waals surface area contributed by atoms with Crippen LogP contribution >= 0.6 is 0 Å². The Morgan fingerprint density at radius 1 is 1.03 bits per heavy atom. The molecule has 0 atom stereocenters. The van der Waals surface area contributed by atoms with Crippen molar-refractivity contribution in [3.63, 3.8) is 0 Å². The van der Waals surface area contributed by atoms with Crippen LogP contribution in [0.15, 0.2) is 30.3 Å². The van der Waals surface area contributed by atoms with Crippen LogP contribution in [0.1, 0.15) is 27.9 Å². The average molecular weight is 443 g/mol. The quantitative estimate of drug-likeness (QED) is 0.709. The van der Waals surface area contributed by atoms with E-state index in [1.54, 1.807) is 17.0 Å². The van der Waals surface area contributed by atoms with Crippen molar-refractivity contribution < 1.29 is 28.5 Å². The molecule has 1 fully saturated rings. The second-order valence-corrected chi connectivity index (χ2v) is 7.60. The van der Waals surface area contributed by atoms with Gasteiger partial charge in [0.1, 0.15) is 5.75 Å². The van der Waals surface area contributed by atoms with E-state index in [2.05, 4.69) is 5.32 Å². The van der Waals surface area contributed by atoms with Crippen LogP contribution < -0.4 is 19.5 Å². The van der Waals surface area contributed by atoms with E-state index >= 15 is 0 Å². The number of aryl methyl sites for hydroxylation is 2. The van der Waals surface area contributed by atoms with Gasteiger partial charge in [-0.05, 0) is 55.7 Å². The van der Waals surface area contributed by atoms with Crippen LogP contribution in [0, 0.1) is 13.8 Å². The Labute approximate surface area is 188 Å². The van der Waals surface area contributed by atoms with Gasteiger partial charge in [-0.1, -0.05) is 6.07 Å². The predicted molar refractivity (Wildman–Crippen MR) is 121 cm³/mol. The standard InChI is InChI=1S/C24H30N2O6/c1-16-6-7-19(12-17(16)2)32-15-22(27)25-20-13-18(14-21(29-3)23(20)30-4)24(28)26-8-5-10-31-11-9-26/h6-7,12-14H,5,8-11,15H2,1-4H3,(H,25,27). The molecule has 0 aromatic heterocycles. The summed E-state index contributed by atoms with van der Waals surface area (Å²) in [4.78, 5) is 27.4. The van der Waals surface area contributed by atoms with E-state index in [-0.39, 0.29) is 18.4 Å². The van der Waals surface area contributed by atoms with E-state index in [1.165, 1.54) is 14.2 Å². The van der Waals surface area contributed by atoms with E-state index in [4.69, 9.17) is 18.9 Å². The Morgan fingerprint density at radius 2 is 1.84 bits per heavy atom. The van der Waals surface area contributed by atoms with Gasteiger partial charge in [-0.15, -0.1) is 0 Å². The molecule has 8 heteroatoms. The molecule has 0 spiro atoms. The van der Waals surface area contributed by atoms with Crippen molar-refractivity contribution in [1.29, 1.82) is 0 Å². The normalized spacial score (nSPS) is 13.8. The molecule has 2 amide bonds. The van der Waals surface area contributed by atoms with E-state index in [0.717, 1.165) is 17.5 Å². The maximum Gasteiger partial charge on any atom is 0.262 e. The van der Waals surface area contributed by atoms with Gasteiger partial charge in [0, 0.05) is 25.3 Å². The molecule has 0 aliphatic carbocycles. The molecule has 1 aliphatic heterocycles. The van der Waals surface area contributed by atoms with Crippen molar-refractivity contribution in [3.05, 3.63) is 47.0 Å². The lowest BCUT2D eigenvalue weighted by Crippen LogP contribution is -2.33. The molecule has 1 saturated heterocycles. The first-order chi connectivity index (χ1) is 15.4. The summed E-state index contributed by atoms with van der Waals surface area (Å²) in [5.41, 5.74) is 2.97. The van der Waals surface area contributed by atoms with Gasteiger partial charge in [0.2, 0.25) is 0 Å². The first-order valence-electron chi connectivity index (χ1n) is 10.6. The summed E-state index contributed by atoms with van der Waals surface area (Å²) < 4.78 is 21.9. The van der Waals surface area contributed by atoms with Gasteiger partial charge in [-0.25, -0.2) is 0 Å². The van der Waals surface area contributed by atoms with Gasteiger partial charge >= 0.3 is 0 Å². The third-order valence-electron chi connectivity index (χ3n) is 5.36. The number of methoxy groups -OCH3 is 2. The van der Waals surface area contributed by atoms with E-state index in [0.29, 0.717) is 54.8 Å². The number of rotatable bonds is 7. The summed E-state index contributed by atoms with van der Waals surface area (Å²) in [7, 11) is 2.97. The molecule has 2 aromatic rings. The third-order valence-corrected chi connectivity index (χ3v) is 5.36. The molecular formula is C24H30N2O6. The Bertz CT molecular complexity index is 967. The topological polar surface area (TPSA) is 86.3 Å². The molecule has 2 aromatic carbocycles. The minimum atomic E-state index is -0.378. The van der Waals surface area contributed by atoms with Crippen molar-refractivity contribution in [2.75, 3.05) is 52.4 Å². The SMILES string of the molecule is COc1cc(C(=O)N2CCCOCC2)cc(NC(=O)COc2ccc(C)c(C)c2)c1OC. The zero-order valence-electron chi connectivity index (χ0n) is 19.0. The number of carbonyl (C=O) groups is 2. The molecule has 172 valence electrons. The first-order valence-corrected chi connectivity index (χ1v) is 10.6. The fourth-order valence-corrected chi connectivity index (χ4v) is 3.45. The molecule has 0 bridgehead atoms. The van der Waals surface area contributed by atoms with Crippen molar-refractivity contribution >= 4 is 17.5 Å². The van der Waals surface area contributed by atoms with Gasteiger partial charge in [-0.3, -0.25) is 9.59 Å². The molecule has 3 rings (SSSR count). The number of nitrogens with one attached hydrogen (secondary N) is 1. The molecule has 0 saturated carbocycles. The summed E-state index contributed by atoms with van der Waals surface area (Å²) in [6.07, 6.45) is 0.776. The van der Waals surface area contributed by atoms with Crippen molar-refractivity contribution in [1.82, 2.24) is 4.90 Å². The van der Waals surface area contributed by atoms with Crippen LogP contribution in [0.2, 0.25) is 0 Å². The fourth-order valence-electron chi connectivity index (χ4n) is 3.45. The fraction of sp³-hybridized carbons (Fsp3) is 0.417. The number of nitrogens with zero attached hydrogens (tertiary/aromatic N) is 1. The lowest BCUT2D eigenvalue weighted by Gasteiger charge is -2.21. The van der Waals surface area contributed by atoms with Gasteiger partial charge < -0.3 is 29.2 Å². The molecule has 32 heavy (non-hydrogen) atoms. The Morgan fingerprint density at radius 3 is 2.56 bits per heavy atom. The summed E-state index contributed by atoms with van der Waals surface area (Å²) in [5, 5.41) is 2.78. The average Bonchev–Trinajstić information content (AvgIpc) is 3.08. The van der Waals surface area contributed by atoms with Crippen LogP contribution in [0.25, 0.3) is 0 Å². The number of hydrogen-bond acceptors (Lipinski definition) is 6. The monoisotopic (exact) mass is 442 g/mol. The number of carbonyl (C=O) groups excluding carboxylic acids is 2. The highest BCUT2D eigenvalue weighted by Crippen LogP contribution is 2.37. The second kappa shape index (κ2) is 10.9. The minimum absolute atomic E-state index is 0.154. The zero-order chi connectivity index (χ0) is 23.1. The highest BCUT2D eigenvalue weighted by Gasteiger charge is 2.22. The molecule has 1 heterocycles. The summed E-state index contributed by atoms with van der Waals surface area (Å²) in [5.74, 6) is 0.771. The number of benzene rings is 2. The van der Waals surface area contributed by atoms with Crippen LogP contribution in [0.4, 0.5) is 5.69 Å². The maximum absolute atomic E-state index is 13.1. The number of ether oxygens (including phenoxy) is 4. The van der Waals surface area contributed by atoms with Crippen LogP contribution in [-0.4, -0.2) is 63.8 Å². The lowest BCUT2D eigenvalue weighted by molar-refractivity contribution is -0.118. The lowest BCUT2D eigenvalue weighted by atomic mass is 10.1. The van der Waals surface area contributed by atoms with Gasteiger partial charge in [0.15, 0.2) is 18.1 Å². The van der Waals surface area contributed by atoms with Gasteiger partial charge in [-0.2, -0.15) is 0 Å². The van der Waals surface area contributed by atoms with Crippen LogP contribution in [0.5, 0.6) is 17.2 Å². The smallest absolute Gasteiger partial charge is 0.262 e. The molecule has 8 nitrogen and oxygen atoms in total. The number of hydrogen-bond donors (Lipinski definition) is 1. The largest absolute Gasteiger partial charge is 0.493 e. The molecule has 0 radical (unpaired) electrons. The highest BCUT2D eigenvalue weighted by atomic mass is 16.5. The summed E-state index contributed by atoms with van der Waals surface area (Å²) in [6, 6.07) is 8.87. The second-order valence-electron chi connectivity index (χ2n) is 7.60. The van der Waals surface area contributed by atoms with Crippen LogP contribution in [-0.2, 0) is 9.53 Å². The first kappa shape index (κ1) is 23.4. The Kier molecular flexibility index (Phi) is 7.94. The molecular weight excluding hydrogens is 412 g/mol. The molecule has 1 N–H and O–H groups in total. The zero-order valence-corrected chi connectivity index (χ0v) is 19.0. The van der Waals surface area contributed by atoms with Crippen molar-refractivity contribution in [2.24, 2.45) is 0 Å².